The van der Waals surface area contributed by atoms with E-state index in [2.05, 4.69) is 5.32 Å². The van der Waals surface area contributed by atoms with Crippen LogP contribution >= 0.6 is 0 Å². The van der Waals surface area contributed by atoms with Crippen LogP contribution in [0.25, 0.3) is 0 Å². The maximum absolute atomic E-state index is 8.95. The minimum atomic E-state index is -0.574. The molecule has 3 N–H and O–H groups in total. The predicted molar refractivity (Wildman–Crippen MR) is 29.5 cm³/mol. The Kier molecular flexibility index (Phi) is 1.51. The van der Waals surface area contributed by atoms with Crippen LogP contribution in [0.3, 0.4) is 0 Å². The van der Waals surface area contributed by atoms with E-state index in [0.29, 0.717) is 6.54 Å². The molecule has 3 atom stereocenters. The minimum absolute atomic E-state index is 0.0463. The summed E-state index contributed by atoms with van der Waals surface area (Å²) in [7, 11) is 0. The first-order valence-electron chi connectivity index (χ1n) is 2.81. The molecule has 0 saturated carbocycles. The van der Waals surface area contributed by atoms with Crippen LogP contribution in [0.2, 0.25) is 0 Å². The monoisotopic (exact) mass is 117 g/mol. The fraction of sp³-hybridized carbons (Fsp3) is 1.00. The van der Waals surface area contributed by atoms with Gasteiger partial charge in [0, 0.05) is 12.6 Å². The van der Waals surface area contributed by atoms with Crippen LogP contribution in [0.5, 0.6) is 0 Å². The van der Waals surface area contributed by atoms with Crippen molar-refractivity contribution < 1.29 is 10.2 Å². The zero-order chi connectivity index (χ0) is 6.15. The van der Waals surface area contributed by atoms with Crippen molar-refractivity contribution in [1.29, 1.82) is 0 Å². The van der Waals surface area contributed by atoms with Crippen LogP contribution in [0, 0.1) is 0 Å². The zero-order valence-corrected chi connectivity index (χ0v) is 4.83. The zero-order valence-electron chi connectivity index (χ0n) is 4.83. The van der Waals surface area contributed by atoms with Crippen LogP contribution in [-0.4, -0.2) is 35.0 Å². The molecular weight excluding hydrogens is 106 g/mol. The van der Waals surface area contributed by atoms with Gasteiger partial charge in [-0.2, -0.15) is 0 Å². The number of rotatable bonds is 0. The Balaban J connectivity index is 2.44. The lowest BCUT2D eigenvalue weighted by molar-refractivity contribution is 0.0436. The van der Waals surface area contributed by atoms with Crippen molar-refractivity contribution in [1.82, 2.24) is 5.32 Å². The van der Waals surface area contributed by atoms with Crippen molar-refractivity contribution in [3.63, 3.8) is 0 Å². The van der Waals surface area contributed by atoms with E-state index in [0.717, 1.165) is 0 Å². The minimum Gasteiger partial charge on any atom is -0.389 e. The normalized spacial score (nSPS) is 47.6. The summed E-state index contributed by atoms with van der Waals surface area (Å²) in [5.74, 6) is 0. The summed E-state index contributed by atoms with van der Waals surface area (Å²) in [6.45, 7) is 2.36. The molecule has 48 valence electrons. The maximum Gasteiger partial charge on any atom is 0.0961 e. The Morgan fingerprint density at radius 1 is 1.50 bits per heavy atom. The van der Waals surface area contributed by atoms with E-state index in [-0.39, 0.29) is 6.04 Å². The number of aliphatic hydroxyl groups excluding tert-OH is 2. The first-order valence-corrected chi connectivity index (χ1v) is 2.81. The molecule has 0 aromatic carbocycles. The predicted octanol–water partition coefficient (Wildman–Crippen LogP) is -1.30. The maximum atomic E-state index is 8.95. The fourth-order valence-electron chi connectivity index (χ4n) is 0.881. The number of β-amino-alcohol motifs (C(OH)–C–C–N with tert-alkyl or cyclic N) is 1. The molecule has 0 amide bonds. The Morgan fingerprint density at radius 2 is 2.12 bits per heavy atom. The van der Waals surface area contributed by atoms with Gasteiger partial charge < -0.3 is 15.5 Å². The lowest BCUT2D eigenvalue weighted by Gasteiger charge is -2.08. The van der Waals surface area contributed by atoms with Gasteiger partial charge in [0.25, 0.3) is 0 Å². The van der Waals surface area contributed by atoms with Crippen LogP contribution in [0.4, 0.5) is 0 Å². The second-order valence-corrected chi connectivity index (χ2v) is 2.25. The summed E-state index contributed by atoms with van der Waals surface area (Å²) in [6.07, 6.45) is -1.14. The van der Waals surface area contributed by atoms with Gasteiger partial charge in [0.1, 0.15) is 0 Å². The molecule has 0 aliphatic carbocycles. The summed E-state index contributed by atoms with van der Waals surface area (Å²) < 4.78 is 0. The molecule has 1 unspecified atom stereocenters. The average molecular weight is 117 g/mol. The highest BCUT2D eigenvalue weighted by Gasteiger charge is 2.28. The standard InChI is InChI=1S/C5H11NO2/c1-3-5(8)4(7)2-6-3/h3-8H,2H2,1H3/t3?,4-,5-/m1/s1. The van der Waals surface area contributed by atoms with Gasteiger partial charge in [-0.3, -0.25) is 0 Å². The quantitative estimate of drug-likeness (QED) is 0.369. The lowest BCUT2D eigenvalue weighted by atomic mass is 10.2. The summed E-state index contributed by atoms with van der Waals surface area (Å²) in [5, 5.41) is 20.7. The summed E-state index contributed by atoms with van der Waals surface area (Å²) >= 11 is 0. The van der Waals surface area contributed by atoms with Crippen molar-refractivity contribution in [3.8, 4) is 0 Å². The number of nitrogens with one attached hydrogen (secondary N) is 1. The number of hydrogen-bond donors (Lipinski definition) is 3. The van der Waals surface area contributed by atoms with E-state index in [1.165, 1.54) is 0 Å². The van der Waals surface area contributed by atoms with E-state index in [4.69, 9.17) is 10.2 Å². The van der Waals surface area contributed by atoms with Crippen molar-refractivity contribution in [2.75, 3.05) is 6.54 Å². The van der Waals surface area contributed by atoms with E-state index in [1.807, 2.05) is 6.92 Å². The van der Waals surface area contributed by atoms with Crippen molar-refractivity contribution in [3.05, 3.63) is 0 Å². The van der Waals surface area contributed by atoms with Gasteiger partial charge in [0.2, 0.25) is 0 Å². The van der Waals surface area contributed by atoms with E-state index in [1.54, 1.807) is 0 Å². The number of aliphatic hydroxyl groups is 2. The number of hydrogen-bond acceptors (Lipinski definition) is 3. The second kappa shape index (κ2) is 2.01. The van der Waals surface area contributed by atoms with Crippen molar-refractivity contribution in [2.45, 2.75) is 25.2 Å². The summed E-state index contributed by atoms with van der Waals surface area (Å²) in [5.41, 5.74) is 0. The Morgan fingerprint density at radius 3 is 2.25 bits per heavy atom. The van der Waals surface area contributed by atoms with Gasteiger partial charge >= 0.3 is 0 Å². The van der Waals surface area contributed by atoms with Crippen molar-refractivity contribution in [2.24, 2.45) is 0 Å². The third-order valence-electron chi connectivity index (χ3n) is 1.56. The molecule has 1 fully saturated rings. The molecule has 3 heteroatoms. The molecule has 0 bridgehead atoms. The highest BCUT2D eigenvalue weighted by Crippen LogP contribution is 2.05. The summed E-state index contributed by atoms with van der Waals surface area (Å²) in [6, 6.07) is 0.0463. The second-order valence-electron chi connectivity index (χ2n) is 2.25. The molecule has 1 aliphatic rings. The van der Waals surface area contributed by atoms with Gasteiger partial charge in [-0.05, 0) is 6.92 Å². The molecule has 1 heterocycles. The Hall–Kier alpha value is -0.120. The van der Waals surface area contributed by atoms with Crippen LogP contribution in [0.1, 0.15) is 6.92 Å². The van der Waals surface area contributed by atoms with E-state index >= 15 is 0 Å². The molecule has 0 spiro atoms. The van der Waals surface area contributed by atoms with Crippen LogP contribution in [-0.2, 0) is 0 Å². The molecule has 0 aromatic rings. The summed E-state index contributed by atoms with van der Waals surface area (Å²) in [4.78, 5) is 0. The smallest absolute Gasteiger partial charge is 0.0961 e. The van der Waals surface area contributed by atoms with Crippen LogP contribution in [0.15, 0.2) is 0 Å². The van der Waals surface area contributed by atoms with Gasteiger partial charge in [-0.1, -0.05) is 0 Å². The van der Waals surface area contributed by atoms with E-state index < -0.39 is 12.2 Å². The first-order chi connectivity index (χ1) is 3.72. The fourth-order valence-corrected chi connectivity index (χ4v) is 0.881. The molecule has 3 nitrogen and oxygen atoms in total. The molecule has 8 heavy (non-hydrogen) atoms. The first kappa shape index (κ1) is 6.01. The molecular formula is C5H11NO2. The highest BCUT2D eigenvalue weighted by atomic mass is 16.3. The largest absolute Gasteiger partial charge is 0.389 e. The third-order valence-corrected chi connectivity index (χ3v) is 1.56. The molecule has 0 aromatic heterocycles. The molecule has 1 saturated heterocycles. The average Bonchev–Trinajstić information content (AvgIpc) is 1.98. The SMILES string of the molecule is CC1NC[C@@H](O)[C@@H]1O. The Labute approximate surface area is 48.3 Å². The molecule has 1 rings (SSSR count). The van der Waals surface area contributed by atoms with E-state index in [9.17, 15) is 0 Å². The van der Waals surface area contributed by atoms with Gasteiger partial charge in [0.15, 0.2) is 0 Å². The molecule has 1 aliphatic heterocycles. The lowest BCUT2D eigenvalue weighted by Crippen LogP contribution is -2.29. The van der Waals surface area contributed by atoms with Gasteiger partial charge in [0.05, 0.1) is 12.2 Å². The molecule has 0 radical (unpaired) electrons. The third kappa shape index (κ3) is 0.844. The van der Waals surface area contributed by atoms with Gasteiger partial charge in [-0.25, -0.2) is 0 Å². The highest BCUT2D eigenvalue weighted by molar-refractivity contribution is 4.86. The Bertz CT molecular complexity index is 76.5. The van der Waals surface area contributed by atoms with Gasteiger partial charge in [-0.15, -0.1) is 0 Å². The topological polar surface area (TPSA) is 52.5 Å². The van der Waals surface area contributed by atoms with Crippen molar-refractivity contribution >= 4 is 0 Å². The van der Waals surface area contributed by atoms with Crippen LogP contribution < -0.4 is 5.32 Å².